The molecule has 0 bridgehead atoms. The molecule has 1 aromatic rings. The minimum Gasteiger partial charge on any atom is -0.479 e. The van der Waals surface area contributed by atoms with Gasteiger partial charge in [-0.3, -0.25) is 4.79 Å². The second kappa shape index (κ2) is 8.11. The van der Waals surface area contributed by atoms with Crippen LogP contribution in [0.25, 0.3) is 0 Å². The zero-order valence-corrected chi connectivity index (χ0v) is 11.1. The van der Waals surface area contributed by atoms with Crippen molar-refractivity contribution in [3.8, 4) is 11.8 Å². The van der Waals surface area contributed by atoms with Gasteiger partial charge in [-0.15, -0.1) is 0 Å². The summed E-state index contributed by atoms with van der Waals surface area (Å²) in [7, 11) is 0. The molecule has 0 unspecified atom stereocenters. The number of nitriles is 1. The van der Waals surface area contributed by atoms with Crippen molar-refractivity contribution in [1.29, 1.82) is 5.26 Å². The predicted octanol–water partition coefficient (Wildman–Crippen LogP) is 2.04. The molecule has 1 atom stereocenters. The van der Waals surface area contributed by atoms with Crippen LogP contribution >= 0.6 is 0 Å². The lowest BCUT2D eigenvalue weighted by Crippen LogP contribution is -2.35. The topological polar surface area (TPSA) is 88.1 Å². The number of rotatable bonds is 7. The van der Waals surface area contributed by atoms with Crippen LogP contribution in [0.1, 0.15) is 26.2 Å². The fourth-order valence-electron chi connectivity index (χ4n) is 1.57. The number of anilines is 1. The molecule has 0 aliphatic heterocycles. The van der Waals surface area contributed by atoms with E-state index >= 15 is 0 Å². The Morgan fingerprint density at radius 2 is 2.37 bits per heavy atom. The van der Waals surface area contributed by atoms with Gasteiger partial charge in [-0.1, -0.05) is 25.8 Å². The summed E-state index contributed by atoms with van der Waals surface area (Å²) >= 11 is 0. The number of carbonyl (C=O) groups is 1. The molecule has 0 saturated heterocycles. The van der Waals surface area contributed by atoms with Gasteiger partial charge in [0.25, 0.3) is 0 Å². The SMILES string of the molecule is CCCC[C@H](N)C(=O)Nc1cccc(OCC#N)c1. The van der Waals surface area contributed by atoms with Crippen LogP contribution in [0.15, 0.2) is 24.3 Å². The summed E-state index contributed by atoms with van der Waals surface area (Å²) in [4.78, 5) is 11.8. The molecule has 0 spiro atoms. The van der Waals surface area contributed by atoms with Gasteiger partial charge in [0.05, 0.1) is 6.04 Å². The van der Waals surface area contributed by atoms with Crippen LogP contribution in [0.4, 0.5) is 5.69 Å². The van der Waals surface area contributed by atoms with E-state index in [1.165, 1.54) is 0 Å². The average Bonchev–Trinajstić information content (AvgIpc) is 2.42. The summed E-state index contributed by atoms with van der Waals surface area (Å²) in [6.07, 6.45) is 2.62. The Morgan fingerprint density at radius 1 is 1.58 bits per heavy atom. The fraction of sp³-hybridized carbons (Fsp3) is 0.429. The maximum absolute atomic E-state index is 11.8. The lowest BCUT2D eigenvalue weighted by atomic mass is 10.1. The third kappa shape index (κ3) is 5.40. The first-order valence-corrected chi connectivity index (χ1v) is 6.33. The number of amides is 1. The van der Waals surface area contributed by atoms with Crippen molar-refractivity contribution in [2.45, 2.75) is 32.2 Å². The number of hydrogen-bond donors (Lipinski definition) is 2. The van der Waals surface area contributed by atoms with Gasteiger partial charge in [-0.25, -0.2) is 0 Å². The van der Waals surface area contributed by atoms with E-state index in [1.807, 2.05) is 6.07 Å². The van der Waals surface area contributed by atoms with E-state index in [9.17, 15) is 4.79 Å². The first-order chi connectivity index (χ1) is 9.17. The van der Waals surface area contributed by atoms with E-state index in [0.29, 0.717) is 17.9 Å². The van der Waals surface area contributed by atoms with E-state index in [4.69, 9.17) is 15.7 Å². The molecule has 0 radical (unpaired) electrons. The zero-order chi connectivity index (χ0) is 14.1. The molecule has 1 amide bonds. The van der Waals surface area contributed by atoms with Gasteiger partial charge in [0.15, 0.2) is 6.61 Å². The molecule has 5 nitrogen and oxygen atoms in total. The molecular weight excluding hydrogens is 242 g/mol. The molecule has 0 aliphatic rings. The maximum atomic E-state index is 11.8. The Bertz CT molecular complexity index is 454. The summed E-state index contributed by atoms with van der Waals surface area (Å²) in [5.41, 5.74) is 6.40. The van der Waals surface area contributed by atoms with Crippen molar-refractivity contribution < 1.29 is 9.53 Å². The maximum Gasteiger partial charge on any atom is 0.241 e. The van der Waals surface area contributed by atoms with Gasteiger partial charge in [0.1, 0.15) is 11.8 Å². The van der Waals surface area contributed by atoms with Crippen molar-refractivity contribution in [3.63, 3.8) is 0 Å². The van der Waals surface area contributed by atoms with Gasteiger partial charge in [0.2, 0.25) is 5.91 Å². The van der Waals surface area contributed by atoms with Gasteiger partial charge in [-0.05, 0) is 18.6 Å². The highest BCUT2D eigenvalue weighted by atomic mass is 16.5. The minimum atomic E-state index is -0.497. The number of ether oxygens (including phenoxy) is 1. The van der Waals surface area contributed by atoms with Gasteiger partial charge < -0.3 is 15.8 Å². The normalized spacial score (nSPS) is 11.4. The second-order valence-corrected chi connectivity index (χ2v) is 4.21. The highest BCUT2D eigenvalue weighted by molar-refractivity contribution is 5.94. The van der Waals surface area contributed by atoms with Crippen molar-refractivity contribution in [3.05, 3.63) is 24.3 Å². The van der Waals surface area contributed by atoms with Gasteiger partial charge in [0, 0.05) is 11.8 Å². The first kappa shape index (κ1) is 15.0. The zero-order valence-electron chi connectivity index (χ0n) is 11.1. The number of nitrogens with two attached hydrogens (primary N) is 1. The summed E-state index contributed by atoms with van der Waals surface area (Å²) in [5, 5.41) is 11.2. The smallest absolute Gasteiger partial charge is 0.241 e. The van der Waals surface area contributed by atoms with E-state index < -0.39 is 6.04 Å². The van der Waals surface area contributed by atoms with Crippen molar-refractivity contribution >= 4 is 11.6 Å². The molecular formula is C14H19N3O2. The second-order valence-electron chi connectivity index (χ2n) is 4.21. The third-order valence-corrected chi connectivity index (χ3v) is 2.61. The molecule has 0 aliphatic carbocycles. The Labute approximate surface area is 113 Å². The minimum absolute atomic E-state index is 0.0204. The van der Waals surface area contributed by atoms with Crippen molar-refractivity contribution in [2.75, 3.05) is 11.9 Å². The monoisotopic (exact) mass is 261 g/mol. The van der Waals surface area contributed by atoms with Crippen molar-refractivity contribution in [2.24, 2.45) is 5.73 Å². The molecule has 3 N–H and O–H groups in total. The molecule has 102 valence electrons. The molecule has 5 heteroatoms. The lowest BCUT2D eigenvalue weighted by Gasteiger charge is -2.12. The molecule has 19 heavy (non-hydrogen) atoms. The Hall–Kier alpha value is -2.06. The molecule has 0 aromatic heterocycles. The van der Waals surface area contributed by atoms with E-state index in [-0.39, 0.29) is 12.5 Å². The van der Waals surface area contributed by atoms with E-state index in [2.05, 4.69) is 12.2 Å². The summed E-state index contributed by atoms with van der Waals surface area (Å²) < 4.78 is 5.16. The highest BCUT2D eigenvalue weighted by Gasteiger charge is 2.12. The largest absolute Gasteiger partial charge is 0.479 e. The van der Waals surface area contributed by atoms with Crippen molar-refractivity contribution in [1.82, 2.24) is 0 Å². The van der Waals surface area contributed by atoms with Gasteiger partial charge in [-0.2, -0.15) is 5.26 Å². The summed E-state index contributed by atoms with van der Waals surface area (Å²) in [6, 6.07) is 8.29. The fourth-order valence-corrected chi connectivity index (χ4v) is 1.57. The van der Waals surface area contributed by atoms with Gasteiger partial charge >= 0.3 is 0 Å². The standard InChI is InChI=1S/C14H19N3O2/c1-2-3-7-13(16)14(18)17-11-5-4-6-12(10-11)19-9-8-15/h4-6,10,13H,2-3,7,9,16H2,1H3,(H,17,18)/t13-/m0/s1. The van der Waals surface area contributed by atoms with E-state index in [1.54, 1.807) is 24.3 Å². The molecule has 0 fully saturated rings. The molecule has 0 heterocycles. The number of nitrogens with one attached hydrogen (secondary N) is 1. The molecule has 0 saturated carbocycles. The Kier molecular flexibility index (Phi) is 6.41. The summed E-state index contributed by atoms with van der Waals surface area (Å²) in [5.74, 6) is 0.340. The summed E-state index contributed by atoms with van der Waals surface area (Å²) in [6.45, 7) is 2.04. The van der Waals surface area contributed by atoms with E-state index in [0.717, 1.165) is 12.8 Å². The van der Waals surface area contributed by atoms with Crippen LogP contribution in [-0.4, -0.2) is 18.6 Å². The highest BCUT2D eigenvalue weighted by Crippen LogP contribution is 2.17. The third-order valence-electron chi connectivity index (χ3n) is 2.61. The quantitative estimate of drug-likeness (QED) is 0.786. The van der Waals surface area contributed by atoms with Crippen LogP contribution in [0.2, 0.25) is 0 Å². The Morgan fingerprint density at radius 3 is 3.05 bits per heavy atom. The van der Waals surface area contributed by atoms with Crippen LogP contribution in [-0.2, 0) is 4.79 Å². The average molecular weight is 261 g/mol. The molecule has 1 rings (SSSR count). The number of unbranched alkanes of at least 4 members (excludes halogenated alkanes) is 1. The van der Waals surface area contributed by atoms with Crippen LogP contribution in [0.5, 0.6) is 5.75 Å². The predicted molar refractivity (Wildman–Crippen MR) is 73.7 cm³/mol. The number of nitrogens with zero attached hydrogens (tertiary/aromatic N) is 1. The molecule has 1 aromatic carbocycles. The van der Waals surface area contributed by atoms with Crippen LogP contribution in [0.3, 0.4) is 0 Å². The Balaban J connectivity index is 2.56. The lowest BCUT2D eigenvalue weighted by molar-refractivity contribution is -0.117. The van der Waals surface area contributed by atoms with Crippen LogP contribution < -0.4 is 15.8 Å². The number of carbonyl (C=O) groups excluding carboxylic acids is 1. The first-order valence-electron chi connectivity index (χ1n) is 6.33. The number of hydrogen-bond acceptors (Lipinski definition) is 4. The van der Waals surface area contributed by atoms with Crippen LogP contribution in [0, 0.1) is 11.3 Å². The number of benzene rings is 1.